The average molecular weight is 280 g/mol. The van der Waals surface area contributed by atoms with E-state index in [0.717, 1.165) is 11.8 Å². The van der Waals surface area contributed by atoms with Crippen molar-refractivity contribution in [1.82, 2.24) is 0 Å². The number of hydrogen-bond acceptors (Lipinski definition) is 2. The van der Waals surface area contributed by atoms with Gasteiger partial charge in [-0.15, -0.1) is 6.58 Å². The van der Waals surface area contributed by atoms with E-state index in [1.165, 1.54) is 6.08 Å². The van der Waals surface area contributed by atoms with E-state index in [4.69, 9.17) is 16.7 Å². The summed E-state index contributed by atoms with van der Waals surface area (Å²) >= 11 is 6.17. The second kappa shape index (κ2) is 7.00. The predicted octanol–water partition coefficient (Wildman–Crippen LogP) is 3.84. The molecule has 1 aromatic carbocycles. The molecule has 0 saturated heterocycles. The van der Waals surface area contributed by atoms with Gasteiger partial charge in [-0.05, 0) is 32.1 Å². The Morgan fingerprint density at radius 2 is 2.21 bits per heavy atom. The SMILES string of the molecule is C=CCN(c1cccc(Cl)c1/C=C/C(=O)O)C(C)C. The summed E-state index contributed by atoms with van der Waals surface area (Å²) in [5.74, 6) is -0.995. The highest BCUT2D eigenvalue weighted by Crippen LogP contribution is 2.30. The first-order valence-corrected chi connectivity index (χ1v) is 6.42. The van der Waals surface area contributed by atoms with Gasteiger partial charge in [-0.3, -0.25) is 0 Å². The number of halogens is 1. The quantitative estimate of drug-likeness (QED) is 0.635. The third-order valence-electron chi connectivity index (χ3n) is 2.68. The maximum Gasteiger partial charge on any atom is 0.328 e. The first-order valence-electron chi connectivity index (χ1n) is 6.04. The van der Waals surface area contributed by atoms with Gasteiger partial charge in [0.05, 0.1) is 0 Å². The van der Waals surface area contributed by atoms with Crippen LogP contribution in [0.15, 0.2) is 36.9 Å². The molecular weight excluding hydrogens is 262 g/mol. The molecule has 0 atom stereocenters. The normalized spacial score (nSPS) is 10.9. The molecule has 0 heterocycles. The second-order valence-corrected chi connectivity index (χ2v) is 4.79. The lowest BCUT2D eigenvalue weighted by atomic mass is 10.1. The van der Waals surface area contributed by atoms with Crippen LogP contribution in [0.2, 0.25) is 5.02 Å². The fraction of sp³-hybridized carbons (Fsp3) is 0.267. The highest BCUT2D eigenvalue weighted by atomic mass is 35.5. The fourth-order valence-corrected chi connectivity index (χ4v) is 2.05. The molecule has 0 saturated carbocycles. The molecule has 19 heavy (non-hydrogen) atoms. The summed E-state index contributed by atoms with van der Waals surface area (Å²) < 4.78 is 0. The van der Waals surface area contributed by atoms with Crippen LogP contribution in [0.1, 0.15) is 19.4 Å². The van der Waals surface area contributed by atoms with Crippen molar-refractivity contribution < 1.29 is 9.90 Å². The number of carboxylic acid groups (broad SMARTS) is 1. The molecule has 0 aliphatic rings. The largest absolute Gasteiger partial charge is 0.478 e. The van der Waals surface area contributed by atoms with Crippen LogP contribution in [-0.4, -0.2) is 23.7 Å². The van der Waals surface area contributed by atoms with Gasteiger partial charge in [-0.2, -0.15) is 0 Å². The maximum absolute atomic E-state index is 10.7. The number of carbonyl (C=O) groups is 1. The topological polar surface area (TPSA) is 40.5 Å². The third kappa shape index (κ3) is 4.14. The van der Waals surface area contributed by atoms with Gasteiger partial charge in [-0.25, -0.2) is 4.79 Å². The summed E-state index contributed by atoms with van der Waals surface area (Å²) in [7, 11) is 0. The zero-order chi connectivity index (χ0) is 14.4. The molecule has 102 valence electrons. The molecule has 0 aliphatic heterocycles. The monoisotopic (exact) mass is 279 g/mol. The van der Waals surface area contributed by atoms with Crippen LogP contribution in [0.5, 0.6) is 0 Å². The van der Waals surface area contributed by atoms with Gasteiger partial charge < -0.3 is 10.0 Å². The van der Waals surface area contributed by atoms with Crippen molar-refractivity contribution in [2.75, 3.05) is 11.4 Å². The minimum absolute atomic E-state index is 0.258. The Bertz CT molecular complexity index is 495. The molecule has 0 unspecified atom stereocenters. The fourth-order valence-electron chi connectivity index (χ4n) is 1.82. The standard InChI is InChI=1S/C15H18ClNO2/c1-4-10-17(11(2)3)14-7-5-6-13(16)12(14)8-9-15(18)19/h4-9,11H,1,10H2,2-3H3,(H,18,19)/b9-8+. The van der Waals surface area contributed by atoms with Gasteiger partial charge >= 0.3 is 5.97 Å². The minimum Gasteiger partial charge on any atom is -0.478 e. The lowest BCUT2D eigenvalue weighted by Crippen LogP contribution is -2.31. The number of benzene rings is 1. The van der Waals surface area contributed by atoms with Gasteiger partial charge in [0, 0.05) is 34.9 Å². The summed E-state index contributed by atoms with van der Waals surface area (Å²) in [6.45, 7) is 8.55. The van der Waals surface area contributed by atoms with Gasteiger partial charge in [0.2, 0.25) is 0 Å². The zero-order valence-corrected chi connectivity index (χ0v) is 11.9. The van der Waals surface area contributed by atoms with Crippen molar-refractivity contribution in [3.8, 4) is 0 Å². The maximum atomic E-state index is 10.7. The van der Waals surface area contributed by atoms with E-state index in [-0.39, 0.29) is 6.04 Å². The lowest BCUT2D eigenvalue weighted by molar-refractivity contribution is -0.131. The Balaban J connectivity index is 3.28. The molecule has 0 amide bonds. The van der Waals surface area contributed by atoms with Gasteiger partial charge in [0.25, 0.3) is 0 Å². The van der Waals surface area contributed by atoms with Crippen molar-refractivity contribution in [3.63, 3.8) is 0 Å². The van der Waals surface area contributed by atoms with Crippen molar-refractivity contribution in [3.05, 3.63) is 47.5 Å². The van der Waals surface area contributed by atoms with Crippen molar-refractivity contribution in [1.29, 1.82) is 0 Å². The van der Waals surface area contributed by atoms with Crippen LogP contribution in [0.4, 0.5) is 5.69 Å². The lowest BCUT2D eigenvalue weighted by Gasteiger charge is -2.29. The van der Waals surface area contributed by atoms with E-state index in [2.05, 4.69) is 25.3 Å². The molecule has 0 aliphatic carbocycles. The predicted molar refractivity (Wildman–Crippen MR) is 80.8 cm³/mol. The molecule has 0 bridgehead atoms. The van der Waals surface area contributed by atoms with E-state index in [9.17, 15) is 4.79 Å². The van der Waals surface area contributed by atoms with Crippen LogP contribution in [0.3, 0.4) is 0 Å². The number of hydrogen-bond donors (Lipinski definition) is 1. The number of anilines is 1. The highest BCUT2D eigenvalue weighted by molar-refractivity contribution is 6.32. The van der Waals surface area contributed by atoms with Crippen molar-refractivity contribution in [2.24, 2.45) is 0 Å². The van der Waals surface area contributed by atoms with Crippen LogP contribution in [0.25, 0.3) is 6.08 Å². The Labute approximate surface area is 118 Å². The second-order valence-electron chi connectivity index (χ2n) is 4.38. The molecular formula is C15H18ClNO2. The Hall–Kier alpha value is -1.74. The minimum atomic E-state index is -0.995. The van der Waals surface area contributed by atoms with Crippen molar-refractivity contribution in [2.45, 2.75) is 19.9 Å². The summed E-state index contributed by atoms with van der Waals surface area (Å²) in [6.07, 6.45) is 4.43. The summed E-state index contributed by atoms with van der Waals surface area (Å²) in [5, 5.41) is 9.28. The van der Waals surface area contributed by atoms with E-state index in [1.54, 1.807) is 6.07 Å². The summed E-state index contributed by atoms with van der Waals surface area (Å²) in [4.78, 5) is 12.8. The van der Waals surface area contributed by atoms with Gasteiger partial charge in [-0.1, -0.05) is 23.7 Å². The molecule has 0 aromatic heterocycles. The van der Waals surface area contributed by atoms with Crippen molar-refractivity contribution >= 4 is 29.3 Å². The number of rotatable bonds is 6. The van der Waals surface area contributed by atoms with Crippen LogP contribution < -0.4 is 4.90 Å². The molecule has 0 radical (unpaired) electrons. The molecule has 0 spiro atoms. The van der Waals surface area contributed by atoms with Crippen LogP contribution in [0, 0.1) is 0 Å². The smallest absolute Gasteiger partial charge is 0.328 e. The molecule has 0 fully saturated rings. The Morgan fingerprint density at radius 1 is 1.53 bits per heavy atom. The van der Waals surface area contributed by atoms with E-state index < -0.39 is 5.97 Å². The molecule has 4 heteroatoms. The Morgan fingerprint density at radius 3 is 2.74 bits per heavy atom. The zero-order valence-electron chi connectivity index (χ0n) is 11.1. The number of nitrogens with zero attached hydrogens (tertiary/aromatic N) is 1. The number of carboxylic acids is 1. The average Bonchev–Trinajstić information content (AvgIpc) is 2.33. The van der Waals surface area contributed by atoms with E-state index in [0.29, 0.717) is 17.1 Å². The summed E-state index contributed by atoms with van der Waals surface area (Å²) in [5.41, 5.74) is 1.61. The van der Waals surface area contributed by atoms with E-state index >= 15 is 0 Å². The molecule has 3 nitrogen and oxygen atoms in total. The highest BCUT2D eigenvalue weighted by Gasteiger charge is 2.14. The first-order chi connectivity index (χ1) is 8.97. The number of aliphatic carboxylic acids is 1. The Kier molecular flexibility index (Phi) is 5.64. The summed E-state index contributed by atoms with van der Waals surface area (Å²) in [6, 6.07) is 5.79. The van der Waals surface area contributed by atoms with Crippen LogP contribution >= 0.6 is 11.6 Å². The first kappa shape index (κ1) is 15.3. The molecule has 1 rings (SSSR count). The van der Waals surface area contributed by atoms with Gasteiger partial charge in [0.15, 0.2) is 0 Å². The third-order valence-corrected chi connectivity index (χ3v) is 3.01. The molecule has 1 N–H and O–H groups in total. The van der Waals surface area contributed by atoms with Crippen LogP contribution in [-0.2, 0) is 4.79 Å². The van der Waals surface area contributed by atoms with E-state index in [1.807, 2.05) is 18.2 Å². The molecule has 1 aromatic rings. The van der Waals surface area contributed by atoms with Gasteiger partial charge in [0.1, 0.15) is 0 Å².